The van der Waals surface area contributed by atoms with Crippen LogP contribution in [0.15, 0.2) is 91.0 Å². The van der Waals surface area contributed by atoms with Crippen LogP contribution in [0.3, 0.4) is 0 Å². The fourth-order valence-electron chi connectivity index (χ4n) is 3.15. The molecule has 0 aliphatic carbocycles. The molecule has 0 aromatic heterocycles. The van der Waals surface area contributed by atoms with E-state index in [9.17, 15) is 9.90 Å². The standard InChI is InChI=1S/C21H19O2P.3BrH/c22-21(23)16-17-24(18-10-4-1-5-11-18,19-12-6-2-7-13-19)20-14-8-3-9-15-20;;;/h1-15H,16-17H2;3*1H/p+1. The number of carbonyl (C=O) groups is 1. The summed E-state index contributed by atoms with van der Waals surface area (Å²) in [5.74, 6) is -0.748. The van der Waals surface area contributed by atoms with Crippen molar-refractivity contribution in [2.24, 2.45) is 0 Å². The molecule has 6 heteroatoms. The quantitative estimate of drug-likeness (QED) is 0.410. The van der Waals surface area contributed by atoms with Gasteiger partial charge in [-0.25, -0.2) is 0 Å². The smallest absolute Gasteiger partial charge is 0.307 e. The second-order valence-corrected chi connectivity index (χ2v) is 9.30. The number of carboxylic acid groups (broad SMARTS) is 1. The third-order valence-corrected chi connectivity index (χ3v) is 8.69. The predicted molar refractivity (Wildman–Crippen MR) is 133 cm³/mol. The number of benzene rings is 3. The lowest BCUT2D eigenvalue weighted by Gasteiger charge is -2.27. The van der Waals surface area contributed by atoms with E-state index in [4.69, 9.17) is 0 Å². The van der Waals surface area contributed by atoms with E-state index in [0.717, 1.165) is 0 Å². The Morgan fingerprint density at radius 1 is 0.630 bits per heavy atom. The van der Waals surface area contributed by atoms with Gasteiger partial charge in [0.15, 0.2) is 0 Å². The molecule has 1 N–H and O–H groups in total. The average Bonchev–Trinajstić information content (AvgIpc) is 2.65. The minimum atomic E-state index is -1.99. The molecule has 0 atom stereocenters. The number of hydrogen-bond donors (Lipinski definition) is 1. The van der Waals surface area contributed by atoms with Crippen LogP contribution in [0, 0.1) is 0 Å². The van der Waals surface area contributed by atoms with Crippen LogP contribution in [0.25, 0.3) is 0 Å². The lowest BCUT2D eigenvalue weighted by Crippen LogP contribution is -2.34. The zero-order chi connectivity index (χ0) is 16.8. The average molecular weight is 578 g/mol. The summed E-state index contributed by atoms with van der Waals surface area (Å²) in [5.41, 5.74) is 0. The van der Waals surface area contributed by atoms with Crippen LogP contribution in [0.2, 0.25) is 0 Å². The van der Waals surface area contributed by atoms with Gasteiger partial charge in [-0.05, 0) is 36.4 Å². The van der Waals surface area contributed by atoms with Gasteiger partial charge in [0.1, 0.15) is 23.2 Å². The second kappa shape index (κ2) is 12.5. The third-order valence-electron chi connectivity index (χ3n) is 4.25. The van der Waals surface area contributed by atoms with Gasteiger partial charge in [0.2, 0.25) is 0 Å². The van der Waals surface area contributed by atoms with Gasteiger partial charge in [0, 0.05) is 0 Å². The summed E-state index contributed by atoms with van der Waals surface area (Å²) in [6.45, 7) is 0. The van der Waals surface area contributed by atoms with Crippen LogP contribution in [-0.4, -0.2) is 17.2 Å². The van der Waals surface area contributed by atoms with Crippen molar-refractivity contribution in [1.29, 1.82) is 0 Å². The maximum Gasteiger partial charge on any atom is 0.307 e. The van der Waals surface area contributed by atoms with Crippen LogP contribution >= 0.6 is 58.2 Å². The molecule has 0 amide bonds. The minimum Gasteiger partial charge on any atom is -0.481 e. The molecule has 0 fully saturated rings. The van der Waals surface area contributed by atoms with Gasteiger partial charge in [-0.2, -0.15) is 0 Å². The molecular weight excluding hydrogens is 555 g/mol. The van der Waals surface area contributed by atoms with Gasteiger partial charge in [0.05, 0.1) is 12.6 Å². The van der Waals surface area contributed by atoms with Gasteiger partial charge in [-0.3, -0.25) is 4.79 Å². The Morgan fingerprint density at radius 3 is 1.19 bits per heavy atom. The molecule has 0 saturated carbocycles. The molecule has 0 bridgehead atoms. The van der Waals surface area contributed by atoms with Gasteiger partial charge in [-0.1, -0.05) is 54.6 Å². The van der Waals surface area contributed by atoms with Gasteiger partial charge >= 0.3 is 5.97 Å². The lowest BCUT2D eigenvalue weighted by molar-refractivity contribution is -0.136. The lowest BCUT2D eigenvalue weighted by atomic mass is 10.4. The number of halogens is 3. The van der Waals surface area contributed by atoms with E-state index in [0.29, 0.717) is 6.16 Å². The Kier molecular flexibility index (Phi) is 12.0. The fourth-order valence-corrected chi connectivity index (χ4v) is 7.38. The number of carboxylic acids is 1. The van der Waals surface area contributed by atoms with E-state index < -0.39 is 13.2 Å². The highest BCUT2D eigenvalue weighted by Crippen LogP contribution is 2.55. The van der Waals surface area contributed by atoms with Gasteiger partial charge < -0.3 is 5.11 Å². The monoisotopic (exact) mass is 575 g/mol. The van der Waals surface area contributed by atoms with Crippen molar-refractivity contribution < 1.29 is 9.90 Å². The largest absolute Gasteiger partial charge is 0.481 e. The Hall–Kier alpha value is -1.00. The van der Waals surface area contributed by atoms with Crippen LogP contribution < -0.4 is 15.9 Å². The summed E-state index contributed by atoms with van der Waals surface area (Å²) in [6, 6.07) is 31.1. The topological polar surface area (TPSA) is 37.3 Å². The predicted octanol–water partition coefficient (Wildman–Crippen LogP) is 5.19. The fraction of sp³-hybridized carbons (Fsp3) is 0.0952. The molecule has 0 unspecified atom stereocenters. The third kappa shape index (κ3) is 5.99. The highest BCUT2D eigenvalue weighted by atomic mass is 79.9. The Labute approximate surface area is 192 Å². The highest BCUT2D eigenvalue weighted by molar-refractivity contribution is 8.93. The first-order valence-electron chi connectivity index (χ1n) is 8.00. The van der Waals surface area contributed by atoms with E-state index in [2.05, 4.69) is 36.4 Å². The summed E-state index contributed by atoms with van der Waals surface area (Å²) >= 11 is 0. The molecule has 0 radical (unpaired) electrons. The number of rotatable bonds is 6. The number of hydrogen-bond acceptors (Lipinski definition) is 1. The van der Waals surface area contributed by atoms with Crippen molar-refractivity contribution in [3.8, 4) is 0 Å². The second-order valence-electron chi connectivity index (χ2n) is 5.68. The molecule has 0 spiro atoms. The maximum absolute atomic E-state index is 11.4. The van der Waals surface area contributed by atoms with E-state index in [1.807, 2.05) is 54.6 Å². The molecule has 3 aromatic carbocycles. The maximum atomic E-state index is 11.4. The van der Waals surface area contributed by atoms with Gasteiger partial charge in [0.25, 0.3) is 0 Å². The normalized spacial score (nSPS) is 9.93. The number of aliphatic carboxylic acids is 1. The molecule has 3 aromatic rings. The van der Waals surface area contributed by atoms with Crippen molar-refractivity contribution in [2.75, 3.05) is 6.16 Å². The Morgan fingerprint density at radius 2 is 0.926 bits per heavy atom. The first-order valence-corrected chi connectivity index (χ1v) is 9.97. The van der Waals surface area contributed by atoms with E-state index in [-0.39, 0.29) is 57.4 Å². The first-order chi connectivity index (χ1) is 11.7. The molecule has 2 nitrogen and oxygen atoms in total. The molecule has 0 aliphatic heterocycles. The molecule has 3 rings (SSSR count). The van der Waals surface area contributed by atoms with E-state index in [1.54, 1.807) is 0 Å². The summed E-state index contributed by atoms with van der Waals surface area (Å²) < 4.78 is 0. The van der Waals surface area contributed by atoms with Crippen LogP contribution in [0.5, 0.6) is 0 Å². The van der Waals surface area contributed by atoms with E-state index in [1.165, 1.54) is 15.9 Å². The van der Waals surface area contributed by atoms with Crippen molar-refractivity contribution >= 4 is 80.1 Å². The molecule has 0 heterocycles. The summed E-state index contributed by atoms with van der Waals surface area (Å²) in [7, 11) is -1.99. The Bertz CT molecular complexity index is 703. The molecule has 144 valence electrons. The summed E-state index contributed by atoms with van der Waals surface area (Å²) in [6.07, 6.45) is 0.785. The van der Waals surface area contributed by atoms with Crippen molar-refractivity contribution in [2.45, 2.75) is 6.42 Å². The Balaban J connectivity index is 0.00000225. The van der Waals surface area contributed by atoms with Crippen molar-refractivity contribution in [1.82, 2.24) is 0 Å². The molecule has 0 saturated heterocycles. The van der Waals surface area contributed by atoms with E-state index >= 15 is 0 Å². The summed E-state index contributed by atoms with van der Waals surface area (Å²) in [5, 5.41) is 13.0. The highest BCUT2D eigenvalue weighted by Gasteiger charge is 2.45. The first kappa shape index (κ1) is 26.0. The SMILES string of the molecule is Br.Br.Br.O=C(O)CC[P+](c1ccccc1)(c1ccccc1)c1ccccc1. The summed E-state index contributed by atoms with van der Waals surface area (Å²) in [4.78, 5) is 11.4. The van der Waals surface area contributed by atoms with Crippen LogP contribution in [0.1, 0.15) is 6.42 Å². The van der Waals surface area contributed by atoms with Crippen LogP contribution in [-0.2, 0) is 4.79 Å². The minimum absolute atomic E-state index is 0. The molecule has 0 aliphatic rings. The van der Waals surface area contributed by atoms with Gasteiger partial charge in [-0.15, -0.1) is 50.9 Å². The van der Waals surface area contributed by atoms with Crippen molar-refractivity contribution in [3.63, 3.8) is 0 Å². The zero-order valence-corrected chi connectivity index (χ0v) is 20.6. The van der Waals surface area contributed by atoms with Crippen LogP contribution in [0.4, 0.5) is 0 Å². The molecular formula is C21H23Br3O2P+. The zero-order valence-electron chi connectivity index (χ0n) is 14.6. The van der Waals surface area contributed by atoms with Crippen molar-refractivity contribution in [3.05, 3.63) is 91.0 Å². The molecule has 27 heavy (non-hydrogen) atoms.